The molecule has 23 heavy (non-hydrogen) atoms. The molecule has 0 radical (unpaired) electrons. The van der Waals surface area contributed by atoms with E-state index in [0.717, 1.165) is 16.4 Å². The number of benzene rings is 1. The third kappa shape index (κ3) is 5.52. The van der Waals surface area contributed by atoms with Gasteiger partial charge in [0.25, 0.3) is 0 Å². The summed E-state index contributed by atoms with van der Waals surface area (Å²) < 4.78 is 5.81. The van der Waals surface area contributed by atoms with Crippen molar-refractivity contribution in [3.63, 3.8) is 0 Å². The normalized spacial score (nSPS) is 11.8. The van der Waals surface area contributed by atoms with Gasteiger partial charge < -0.3 is 15.4 Å². The molecule has 2 N–H and O–H groups in total. The number of urea groups is 1. The highest BCUT2D eigenvalue weighted by atomic mass is 32.1. The van der Waals surface area contributed by atoms with E-state index in [4.69, 9.17) is 4.74 Å². The third-order valence-corrected chi connectivity index (χ3v) is 4.13. The number of hydrogen-bond acceptors (Lipinski definition) is 5. The maximum absolute atomic E-state index is 12.0. The molecule has 0 bridgehead atoms. The van der Waals surface area contributed by atoms with Crippen molar-refractivity contribution in [3.05, 3.63) is 34.3 Å². The lowest BCUT2D eigenvalue weighted by atomic mass is 10.2. The summed E-state index contributed by atoms with van der Waals surface area (Å²) in [6, 6.07) is 7.17. The Morgan fingerprint density at radius 1 is 1.35 bits per heavy atom. The average Bonchev–Trinajstić information content (AvgIpc) is 2.94. The van der Waals surface area contributed by atoms with E-state index in [1.165, 1.54) is 0 Å². The van der Waals surface area contributed by atoms with Gasteiger partial charge in [-0.05, 0) is 32.4 Å². The molecular formula is C16H22N4O2S. The zero-order valence-corrected chi connectivity index (χ0v) is 14.4. The number of nitrogens with one attached hydrogen (secondary N) is 2. The first-order valence-electron chi connectivity index (χ1n) is 7.68. The summed E-state index contributed by atoms with van der Waals surface area (Å²) in [6.45, 7) is 6.48. The van der Waals surface area contributed by atoms with Crippen LogP contribution in [0.1, 0.15) is 30.3 Å². The van der Waals surface area contributed by atoms with Gasteiger partial charge >= 0.3 is 6.03 Å². The van der Waals surface area contributed by atoms with Gasteiger partial charge in [-0.1, -0.05) is 19.1 Å². The van der Waals surface area contributed by atoms with E-state index in [0.29, 0.717) is 24.4 Å². The summed E-state index contributed by atoms with van der Waals surface area (Å²) in [5.74, 6) is 0.678. The number of rotatable bonds is 7. The third-order valence-electron chi connectivity index (χ3n) is 3.23. The van der Waals surface area contributed by atoms with Crippen LogP contribution in [0.25, 0.3) is 0 Å². The van der Waals surface area contributed by atoms with Gasteiger partial charge in [-0.3, -0.25) is 0 Å². The molecule has 1 heterocycles. The molecule has 0 fully saturated rings. The second kappa shape index (κ2) is 8.47. The van der Waals surface area contributed by atoms with Gasteiger partial charge in [0.05, 0.1) is 11.8 Å². The quantitative estimate of drug-likeness (QED) is 0.814. The van der Waals surface area contributed by atoms with Crippen LogP contribution in [0.15, 0.2) is 24.3 Å². The molecule has 0 spiro atoms. The summed E-state index contributed by atoms with van der Waals surface area (Å²) in [5, 5.41) is 15.5. The fourth-order valence-electron chi connectivity index (χ4n) is 1.86. The van der Waals surface area contributed by atoms with E-state index in [-0.39, 0.29) is 12.1 Å². The SMILES string of the molecule is CC[C@H](C)Oc1ccccc1NC(=O)NCCc1nnc(C)s1. The number of ether oxygens (including phenoxy) is 1. The fraction of sp³-hybridized carbons (Fsp3) is 0.438. The smallest absolute Gasteiger partial charge is 0.319 e. The predicted octanol–water partition coefficient (Wildman–Crippen LogP) is 3.39. The molecule has 1 atom stereocenters. The number of nitrogens with zero attached hydrogens (tertiary/aromatic N) is 2. The summed E-state index contributed by atoms with van der Waals surface area (Å²) in [6.07, 6.45) is 1.67. The van der Waals surface area contributed by atoms with Gasteiger partial charge in [0.1, 0.15) is 15.8 Å². The molecule has 0 aliphatic rings. The Labute approximate surface area is 140 Å². The van der Waals surface area contributed by atoms with Gasteiger partial charge in [-0.15, -0.1) is 21.5 Å². The standard InChI is InChI=1S/C16H22N4O2S/c1-4-11(2)22-14-8-6-5-7-13(14)18-16(21)17-10-9-15-20-19-12(3)23-15/h5-8,11H,4,9-10H2,1-3H3,(H2,17,18,21)/t11-/m0/s1. The van der Waals surface area contributed by atoms with E-state index >= 15 is 0 Å². The van der Waals surface area contributed by atoms with Crippen molar-refractivity contribution in [2.45, 2.75) is 39.7 Å². The molecule has 2 amide bonds. The second-order valence-corrected chi connectivity index (χ2v) is 6.44. The minimum Gasteiger partial charge on any atom is -0.489 e. The molecule has 1 aromatic heterocycles. The topological polar surface area (TPSA) is 76.1 Å². The summed E-state index contributed by atoms with van der Waals surface area (Å²) in [5.41, 5.74) is 0.664. The highest BCUT2D eigenvalue weighted by molar-refractivity contribution is 7.11. The van der Waals surface area contributed by atoms with E-state index in [9.17, 15) is 4.79 Å². The van der Waals surface area contributed by atoms with Crippen LogP contribution in [0, 0.1) is 6.92 Å². The van der Waals surface area contributed by atoms with Crippen LogP contribution in [0.4, 0.5) is 10.5 Å². The van der Waals surface area contributed by atoms with Gasteiger partial charge in [0.15, 0.2) is 0 Å². The maximum Gasteiger partial charge on any atom is 0.319 e. The zero-order chi connectivity index (χ0) is 16.7. The monoisotopic (exact) mass is 334 g/mol. The molecule has 0 aliphatic heterocycles. The van der Waals surface area contributed by atoms with Crippen LogP contribution in [0.2, 0.25) is 0 Å². The predicted molar refractivity (Wildman–Crippen MR) is 92.2 cm³/mol. The first-order valence-corrected chi connectivity index (χ1v) is 8.49. The highest BCUT2D eigenvalue weighted by Gasteiger charge is 2.09. The lowest BCUT2D eigenvalue weighted by molar-refractivity contribution is 0.218. The van der Waals surface area contributed by atoms with Crippen LogP contribution in [0.5, 0.6) is 5.75 Å². The average molecular weight is 334 g/mol. The minimum atomic E-state index is -0.258. The van der Waals surface area contributed by atoms with E-state index < -0.39 is 0 Å². The van der Waals surface area contributed by atoms with Crippen molar-refractivity contribution in [3.8, 4) is 5.75 Å². The molecule has 0 unspecified atom stereocenters. The van der Waals surface area contributed by atoms with Crippen molar-refractivity contribution in [1.82, 2.24) is 15.5 Å². The number of hydrogen-bond donors (Lipinski definition) is 2. The second-order valence-electron chi connectivity index (χ2n) is 5.18. The molecule has 0 aliphatic carbocycles. The largest absolute Gasteiger partial charge is 0.489 e. The van der Waals surface area contributed by atoms with Gasteiger partial charge in [-0.2, -0.15) is 0 Å². The molecule has 0 saturated heterocycles. The maximum atomic E-state index is 12.0. The minimum absolute atomic E-state index is 0.0988. The lowest BCUT2D eigenvalue weighted by Gasteiger charge is -2.16. The van der Waals surface area contributed by atoms with Crippen LogP contribution in [-0.4, -0.2) is 28.9 Å². The summed E-state index contributed by atoms with van der Waals surface area (Å²) in [7, 11) is 0. The van der Waals surface area contributed by atoms with Crippen LogP contribution < -0.4 is 15.4 Å². The first-order chi connectivity index (χ1) is 11.1. The first kappa shape index (κ1) is 17.2. The van der Waals surface area contributed by atoms with Gasteiger partial charge in [0.2, 0.25) is 0 Å². The molecule has 6 nitrogen and oxygen atoms in total. The van der Waals surface area contributed by atoms with Crippen molar-refractivity contribution >= 4 is 23.1 Å². The zero-order valence-electron chi connectivity index (χ0n) is 13.6. The van der Waals surface area contributed by atoms with Crippen molar-refractivity contribution in [1.29, 1.82) is 0 Å². The molecular weight excluding hydrogens is 312 g/mol. The van der Waals surface area contributed by atoms with E-state index in [2.05, 4.69) is 27.8 Å². The Kier molecular flexibility index (Phi) is 6.34. The van der Waals surface area contributed by atoms with Crippen LogP contribution in [-0.2, 0) is 6.42 Å². The number of aromatic nitrogens is 2. The number of carbonyl (C=O) groups excluding carboxylic acids is 1. The Morgan fingerprint density at radius 2 is 2.13 bits per heavy atom. The molecule has 2 rings (SSSR count). The molecule has 2 aromatic rings. The number of aryl methyl sites for hydroxylation is 1. The van der Waals surface area contributed by atoms with E-state index in [1.54, 1.807) is 11.3 Å². The fourth-order valence-corrected chi connectivity index (χ4v) is 2.57. The number of carbonyl (C=O) groups is 1. The van der Waals surface area contributed by atoms with Gasteiger partial charge in [-0.25, -0.2) is 4.79 Å². The van der Waals surface area contributed by atoms with Crippen molar-refractivity contribution in [2.75, 3.05) is 11.9 Å². The van der Waals surface area contributed by atoms with Crippen LogP contribution >= 0.6 is 11.3 Å². The molecule has 124 valence electrons. The van der Waals surface area contributed by atoms with E-state index in [1.807, 2.05) is 38.1 Å². The highest BCUT2D eigenvalue weighted by Crippen LogP contribution is 2.25. The number of amides is 2. The Hall–Kier alpha value is -2.15. The lowest BCUT2D eigenvalue weighted by Crippen LogP contribution is -2.30. The van der Waals surface area contributed by atoms with Gasteiger partial charge in [0, 0.05) is 13.0 Å². The summed E-state index contributed by atoms with van der Waals surface area (Å²) >= 11 is 1.54. The Morgan fingerprint density at radius 3 is 2.83 bits per heavy atom. The Bertz CT molecular complexity index is 645. The summed E-state index contributed by atoms with van der Waals surface area (Å²) in [4.78, 5) is 12.0. The van der Waals surface area contributed by atoms with Crippen molar-refractivity contribution in [2.24, 2.45) is 0 Å². The number of para-hydroxylation sites is 2. The van der Waals surface area contributed by atoms with Crippen LogP contribution in [0.3, 0.4) is 0 Å². The Balaban J connectivity index is 1.85. The molecule has 1 aromatic carbocycles. The number of anilines is 1. The van der Waals surface area contributed by atoms with Crippen molar-refractivity contribution < 1.29 is 9.53 Å². The molecule has 0 saturated carbocycles. The molecule has 7 heteroatoms.